The smallest absolute Gasteiger partial charge is 0.239 e. The molecule has 1 saturated carbocycles. The third-order valence-corrected chi connectivity index (χ3v) is 6.79. The van der Waals surface area contributed by atoms with E-state index in [9.17, 15) is 22.0 Å². The van der Waals surface area contributed by atoms with Gasteiger partial charge in [0.25, 0.3) is 0 Å². The molecule has 1 amide bonds. The van der Waals surface area contributed by atoms with Gasteiger partial charge in [0, 0.05) is 11.8 Å². The molecule has 150 valence electrons. The zero-order valence-electron chi connectivity index (χ0n) is 15.2. The first kappa shape index (κ1) is 20.3. The van der Waals surface area contributed by atoms with Crippen LogP contribution in [0.3, 0.4) is 0 Å². The quantitative estimate of drug-likeness (QED) is 0.754. The monoisotopic (exact) mass is 409 g/mol. The number of rotatable bonds is 7. The Morgan fingerprint density at radius 3 is 2.54 bits per heavy atom. The Hall–Kier alpha value is -2.48. The molecular weight excluding hydrogens is 388 g/mol. The molecule has 0 bridgehead atoms. The van der Waals surface area contributed by atoms with E-state index in [4.69, 9.17) is 4.74 Å². The van der Waals surface area contributed by atoms with Crippen molar-refractivity contribution in [1.29, 1.82) is 0 Å². The maximum atomic E-state index is 14.2. The molecule has 0 aliphatic heterocycles. The van der Waals surface area contributed by atoms with Crippen LogP contribution in [0.15, 0.2) is 42.5 Å². The van der Waals surface area contributed by atoms with Crippen molar-refractivity contribution in [3.8, 4) is 5.75 Å². The van der Waals surface area contributed by atoms with Crippen LogP contribution in [0.5, 0.6) is 5.75 Å². The van der Waals surface area contributed by atoms with Gasteiger partial charge >= 0.3 is 0 Å². The molecule has 1 aliphatic rings. The molecule has 0 aromatic heterocycles. The zero-order chi connectivity index (χ0) is 20.1. The van der Waals surface area contributed by atoms with Gasteiger partial charge in [0.2, 0.25) is 5.91 Å². The lowest BCUT2D eigenvalue weighted by Crippen LogP contribution is -2.29. The summed E-state index contributed by atoms with van der Waals surface area (Å²) < 4.78 is 57.1. The Labute approximate surface area is 162 Å². The SMILES string of the molecule is O=C(CS(=O)(=O)C1CCCC1)Nc1ccc(OCc2cccc(F)c2)c(F)c1. The first-order valence-electron chi connectivity index (χ1n) is 9.02. The van der Waals surface area contributed by atoms with Gasteiger partial charge in [0.1, 0.15) is 18.2 Å². The maximum Gasteiger partial charge on any atom is 0.239 e. The third-order valence-electron chi connectivity index (χ3n) is 4.64. The van der Waals surface area contributed by atoms with Gasteiger partial charge in [-0.3, -0.25) is 4.79 Å². The Morgan fingerprint density at radius 2 is 1.86 bits per heavy atom. The van der Waals surface area contributed by atoms with E-state index in [1.807, 2.05) is 0 Å². The van der Waals surface area contributed by atoms with E-state index in [0.717, 1.165) is 18.9 Å². The maximum absolute atomic E-state index is 14.2. The first-order chi connectivity index (χ1) is 13.3. The van der Waals surface area contributed by atoms with Crippen LogP contribution in [0.2, 0.25) is 0 Å². The molecule has 28 heavy (non-hydrogen) atoms. The van der Waals surface area contributed by atoms with Crippen molar-refractivity contribution in [3.63, 3.8) is 0 Å². The highest BCUT2D eigenvalue weighted by atomic mass is 32.2. The fourth-order valence-electron chi connectivity index (χ4n) is 3.23. The summed E-state index contributed by atoms with van der Waals surface area (Å²) in [4.78, 5) is 12.0. The second-order valence-corrected chi connectivity index (χ2v) is 9.11. The molecule has 1 fully saturated rings. The summed E-state index contributed by atoms with van der Waals surface area (Å²) in [6.07, 6.45) is 2.88. The molecule has 2 aromatic carbocycles. The minimum atomic E-state index is -3.50. The summed E-state index contributed by atoms with van der Waals surface area (Å²) in [5.41, 5.74) is 0.691. The lowest BCUT2D eigenvalue weighted by molar-refractivity contribution is -0.113. The summed E-state index contributed by atoms with van der Waals surface area (Å²) in [7, 11) is -3.50. The number of anilines is 1. The summed E-state index contributed by atoms with van der Waals surface area (Å²) in [6.45, 7) is -0.0139. The average Bonchev–Trinajstić information content (AvgIpc) is 3.16. The first-order valence-corrected chi connectivity index (χ1v) is 10.7. The fraction of sp³-hybridized carbons (Fsp3) is 0.350. The van der Waals surface area contributed by atoms with Crippen LogP contribution < -0.4 is 10.1 Å². The lowest BCUT2D eigenvalue weighted by Gasteiger charge is -2.12. The van der Waals surface area contributed by atoms with Crippen LogP contribution in [-0.4, -0.2) is 25.3 Å². The number of amides is 1. The van der Waals surface area contributed by atoms with Gasteiger partial charge in [-0.1, -0.05) is 25.0 Å². The van der Waals surface area contributed by atoms with E-state index in [1.54, 1.807) is 6.07 Å². The molecule has 0 unspecified atom stereocenters. The van der Waals surface area contributed by atoms with E-state index < -0.39 is 38.4 Å². The normalized spacial score (nSPS) is 14.8. The van der Waals surface area contributed by atoms with E-state index in [0.29, 0.717) is 18.4 Å². The minimum Gasteiger partial charge on any atom is -0.486 e. The van der Waals surface area contributed by atoms with E-state index >= 15 is 0 Å². The van der Waals surface area contributed by atoms with Crippen molar-refractivity contribution in [1.82, 2.24) is 0 Å². The van der Waals surface area contributed by atoms with Gasteiger partial charge < -0.3 is 10.1 Å². The number of nitrogens with one attached hydrogen (secondary N) is 1. The second-order valence-electron chi connectivity index (χ2n) is 6.83. The standard InChI is InChI=1S/C20H21F2NO4S/c21-15-5-3-4-14(10-15)12-27-19-9-8-16(11-18(19)22)23-20(24)13-28(25,26)17-6-1-2-7-17/h3-5,8-11,17H,1-2,6-7,12-13H2,(H,23,24). The van der Waals surface area contributed by atoms with Gasteiger partial charge in [-0.2, -0.15) is 0 Å². The number of sulfone groups is 1. The van der Waals surface area contributed by atoms with Crippen LogP contribution in [0.4, 0.5) is 14.5 Å². The van der Waals surface area contributed by atoms with Gasteiger partial charge in [-0.05, 0) is 42.7 Å². The Morgan fingerprint density at radius 1 is 1.11 bits per heavy atom. The Kier molecular flexibility index (Phi) is 6.28. The Balaban J connectivity index is 1.58. The predicted octanol–water partition coefficient (Wildman–Crippen LogP) is 3.84. The summed E-state index contributed by atoms with van der Waals surface area (Å²) >= 11 is 0. The van der Waals surface area contributed by atoms with E-state index in [-0.39, 0.29) is 18.0 Å². The van der Waals surface area contributed by atoms with Crippen LogP contribution in [0.1, 0.15) is 31.2 Å². The largest absolute Gasteiger partial charge is 0.486 e. The number of ether oxygens (including phenoxy) is 1. The van der Waals surface area contributed by atoms with Crippen molar-refractivity contribution < 1.29 is 26.7 Å². The summed E-state index contributed by atoms with van der Waals surface area (Å²) in [5.74, 6) is -2.49. The van der Waals surface area contributed by atoms with E-state index in [2.05, 4.69) is 5.32 Å². The predicted molar refractivity (Wildman–Crippen MR) is 102 cm³/mol. The molecule has 8 heteroatoms. The van der Waals surface area contributed by atoms with Crippen LogP contribution in [0.25, 0.3) is 0 Å². The topological polar surface area (TPSA) is 72.5 Å². The number of hydrogen-bond donors (Lipinski definition) is 1. The van der Waals surface area contributed by atoms with Gasteiger partial charge in [-0.15, -0.1) is 0 Å². The van der Waals surface area contributed by atoms with Crippen LogP contribution >= 0.6 is 0 Å². The van der Waals surface area contributed by atoms with Crippen LogP contribution in [0, 0.1) is 11.6 Å². The molecule has 0 radical (unpaired) electrons. The molecule has 3 rings (SSSR count). The van der Waals surface area contributed by atoms with Crippen molar-refractivity contribution >= 4 is 21.4 Å². The fourth-order valence-corrected chi connectivity index (χ4v) is 4.95. The highest BCUT2D eigenvalue weighted by Gasteiger charge is 2.30. The number of carbonyl (C=O) groups is 1. The highest BCUT2D eigenvalue weighted by Crippen LogP contribution is 2.26. The highest BCUT2D eigenvalue weighted by molar-refractivity contribution is 7.92. The summed E-state index contributed by atoms with van der Waals surface area (Å²) in [5, 5.41) is 1.94. The molecule has 1 aliphatic carbocycles. The lowest BCUT2D eigenvalue weighted by atomic mass is 10.2. The molecular formula is C20H21F2NO4S. The summed E-state index contributed by atoms with van der Waals surface area (Å²) in [6, 6.07) is 9.58. The van der Waals surface area contributed by atoms with Crippen molar-refractivity contribution in [2.24, 2.45) is 0 Å². The van der Waals surface area contributed by atoms with Gasteiger partial charge in [0.05, 0.1) is 5.25 Å². The number of benzene rings is 2. The zero-order valence-corrected chi connectivity index (χ0v) is 16.0. The molecule has 2 aromatic rings. The minimum absolute atomic E-state index is 0.0139. The van der Waals surface area contributed by atoms with Crippen molar-refractivity contribution in [3.05, 3.63) is 59.7 Å². The Bertz CT molecular complexity index is 956. The van der Waals surface area contributed by atoms with Crippen molar-refractivity contribution in [2.45, 2.75) is 37.5 Å². The third kappa shape index (κ3) is 5.28. The molecule has 0 heterocycles. The van der Waals surface area contributed by atoms with Crippen LogP contribution in [-0.2, 0) is 21.2 Å². The average molecular weight is 409 g/mol. The molecule has 0 saturated heterocycles. The molecule has 0 spiro atoms. The molecule has 0 atom stereocenters. The number of hydrogen-bond acceptors (Lipinski definition) is 4. The van der Waals surface area contributed by atoms with Gasteiger partial charge in [0.15, 0.2) is 21.4 Å². The number of halogens is 2. The second kappa shape index (κ2) is 8.68. The van der Waals surface area contributed by atoms with Gasteiger partial charge in [-0.25, -0.2) is 17.2 Å². The number of carbonyl (C=O) groups excluding carboxylic acids is 1. The van der Waals surface area contributed by atoms with Crippen molar-refractivity contribution in [2.75, 3.05) is 11.1 Å². The molecule has 1 N–H and O–H groups in total. The van der Waals surface area contributed by atoms with E-state index in [1.165, 1.54) is 30.3 Å². The molecule has 5 nitrogen and oxygen atoms in total.